The van der Waals surface area contributed by atoms with Gasteiger partial charge in [-0.15, -0.1) is 0 Å². The monoisotopic (exact) mass is 411 g/mol. The van der Waals surface area contributed by atoms with Gasteiger partial charge in [0.05, 0.1) is 31.9 Å². The molecule has 4 rings (SSSR count). The van der Waals surface area contributed by atoms with Gasteiger partial charge >= 0.3 is 0 Å². The maximum atomic E-state index is 13.0. The molecule has 1 saturated heterocycles. The lowest BCUT2D eigenvalue weighted by molar-refractivity contribution is -0.917. The summed E-state index contributed by atoms with van der Waals surface area (Å²) in [5, 5.41) is 2.02. The van der Waals surface area contributed by atoms with Crippen LogP contribution < -0.4 is 15.3 Å². The maximum absolute atomic E-state index is 13.0. The Hall–Kier alpha value is -2.83. The number of anilines is 1. The van der Waals surface area contributed by atoms with Crippen LogP contribution in [0.4, 0.5) is 5.69 Å². The molecule has 2 aromatic carbocycles. The van der Waals surface area contributed by atoms with E-state index >= 15 is 0 Å². The number of hydrogen-bond acceptors (Lipinski definition) is 3. The molecule has 1 fully saturated rings. The number of carbonyl (C=O) groups excluding carboxylic acids is 2. The molecule has 0 atom stereocenters. The van der Waals surface area contributed by atoms with Crippen LogP contribution in [0.1, 0.15) is 12.0 Å². The molecular formula is C22H24ClN4O2+. The minimum absolute atomic E-state index is 0.0600. The van der Waals surface area contributed by atoms with Crippen molar-refractivity contribution in [1.82, 2.24) is 10.3 Å². The van der Waals surface area contributed by atoms with Crippen LogP contribution in [0, 0.1) is 0 Å². The number of benzene rings is 2. The fraction of sp³-hybridized carbons (Fsp3) is 0.273. The number of amides is 2. The first-order valence-corrected chi connectivity index (χ1v) is 10.2. The summed E-state index contributed by atoms with van der Waals surface area (Å²) >= 11 is 5.93. The second kappa shape index (κ2) is 8.68. The second-order valence-electron chi connectivity index (χ2n) is 7.34. The third kappa shape index (κ3) is 4.60. The number of carbonyl (C=O) groups is 2. The number of nitrogens with zero attached hydrogens (tertiary/aromatic N) is 2. The SMILES string of the molecule is O=C(C1=CCC(=O)N(c2ccc(Cl)cc2)N1)N1CC[NH+](Cc2ccccc2)CC1. The van der Waals surface area contributed by atoms with Crippen LogP contribution in [-0.2, 0) is 16.1 Å². The van der Waals surface area contributed by atoms with E-state index in [4.69, 9.17) is 11.6 Å². The Labute approximate surface area is 175 Å². The standard InChI is InChI=1S/C22H23ClN4O2/c23-18-6-8-19(9-7-18)27-21(28)11-10-20(24-27)22(29)26-14-12-25(13-15-26)16-17-4-2-1-3-5-17/h1-10,24H,11-16H2/p+1. The summed E-state index contributed by atoms with van der Waals surface area (Å²) in [4.78, 5) is 28.6. The molecule has 2 aromatic rings. The highest BCUT2D eigenvalue weighted by Crippen LogP contribution is 2.20. The van der Waals surface area contributed by atoms with Crippen molar-refractivity contribution < 1.29 is 14.5 Å². The van der Waals surface area contributed by atoms with Gasteiger partial charge in [-0.25, -0.2) is 5.01 Å². The van der Waals surface area contributed by atoms with E-state index in [1.54, 1.807) is 30.3 Å². The van der Waals surface area contributed by atoms with Gasteiger partial charge in [0.25, 0.3) is 5.91 Å². The van der Waals surface area contributed by atoms with Crippen LogP contribution in [0.3, 0.4) is 0 Å². The highest BCUT2D eigenvalue weighted by atomic mass is 35.5. The zero-order valence-electron chi connectivity index (χ0n) is 16.1. The summed E-state index contributed by atoms with van der Waals surface area (Å²) in [5.41, 5.74) is 5.42. The van der Waals surface area contributed by atoms with Gasteiger partial charge in [0.1, 0.15) is 12.2 Å². The topological polar surface area (TPSA) is 57.1 Å². The molecule has 0 radical (unpaired) electrons. The molecule has 0 spiro atoms. The van der Waals surface area contributed by atoms with E-state index in [0.29, 0.717) is 29.5 Å². The van der Waals surface area contributed by atoms with E-state index < -0.39 is 0 Å². The predicted molar refractivity (Wildman–Crippen MR) is 112 cm³/mol. The average molecular weight is 412 g/mol. The quantitative estimate of drug-likeness (QED) is 0.799. The van der Waals surface area contributed by atoms with Crippen molar-refractivity contribution in [3.63, 3.8) is 0 Å². The molecule has 2 aliphatic rings. The number of nitrogens with one attached hydrogen (secondary N) is 2. The lowest BCUT2D eigenvalue weighted by Crippen LogP contribution is -3.13. The van der Waals surface area contributed by atoms with Crippen LogP contribution in [0.2, 0.25) is 5.02 Å². The molecule has 2 heterocycles. The molecule has 0 bridgehead atoms. The molecule has 29 heavy (non-hydrogen) atoms. The normalized spacial score (nSPS) is 17.7. The predicted octanol–water partition coefficient (Wildman–Crippen LogP) is 1.39. The van der Waals surface area contributed by atoms with Crippen LogP contribution in [0.25, 0.3) is 0 Å². The first-order chi connectivity index (χ1) is 14.1. The first kappa shape index (κ1) is 19.5. The van der Waals surface area contributed by atoms with E-state index in [-0.39, 0.29) is 18.2 Å². The third-order valence-corrected chi connectivity index (χ3v) is 5.58. The molecule has 0 aliphatic carbocycles. The zero-order chi connectivity index (χ0) is 20.2. The maximum Gasteiger partial charge on any atom is 0.271 e. The van der Waals surface area contributed by atoms with Crippen molar-refractivity contribution >= 4 is 29.1 Å². The first-order valence-electron chi connectivity index (χ1n) is 9.82. The molecule has 6 nitrogen and oxygen atoms in total. The Morgan fingerprint density at radius 2 is 1.72 bits per heavy atom. The number of piperazine rings is 1. The van der Waals surface area contributed by atoms with Gasteiger partial charge in [0.15, 0.2) is 0 Å². The Kier molecular flexibility index (Phi) is 5.83. The Morgan fingerprint density at radius 3 is 2.41 bits per heavy atom. The second-order valence-corrected chi connectivity index (χ2v) is 7.78. The summed E-state index contributed by atoms with van der Waals surface area (Å²) in [6.07, 6.45) is 1.87. The van der Waals surface area contributed by atoms with Crippen molar-refractivity contribution in [2.24, 2.45) is 0 Å². The minimum Gasteiger partial charge on any atom is -0.328 e. The van der Waals surface area contributed by atoms with Crippen LogP contribution in [-0.4, -0.2) is 42.9 Å². The number of halogens is 1. The van der Waals surface area contributed by atoms with Gasteiger partial charge in [0, 0.05) is 17.0 Å². The van der Waals surface area contributed by atoms with E-state index in [1.807, 2.05) is 11.0 Å². The van der Waals surface area contributed by atoms with Gasteiger partial charge in [-0.2, -0.15) is 0 Å². The van der Waals surface area contributed by atoms with Crippen molar-refractivity contribution in [2.45, 2.75) is 13.0 Å². The van der Waals surface area contributed by atoms with Gasteiger partial charge in [-0.1, -0.05) is 41.9 Å². The highest BCUT2D eigenvalue weighted by molar-refractivity contribution is 6.30. The minimum atomic E-state index is -0.110. The summed E-state index contributed by atoms with van der Waals surface area (Å²) in [6, 6.07) is 17.4. The number of rotatable bonds is 4. The van der Waals surface area contributed by atoms with Crippen molar-refractivity contribution in [3.8, 4) is 0 Å². The van der Waals surface area contributed by atoms with Crippen LogP contribution in [0.5, 0.6) is 0 Å². The number of hydrazine groups is 1. The largest absolute Gasteiger partial charge is 0.328 e. The van der Waals surface area contributed by atoms with Gasteiger partial charge < -0.3 is 9.80 Å². The molecule has 2 aliphatic heterocycles. The smallest absolute Gasteiger partial charge is 0.271 e. The van der Waals surface area contributed by atoms with Crippen LogP contribution in [0.15, 0.2) is 66.4 Å². The molecule has 7 heteroatoms. The summed E-state index contributed by atoms with van der Waals surface area (Å²) in [7, 11) is 0. The lowest BCUT2D eigenvalue weighted by Gasteiger charge is -2.35. The summed E-state index contributed by atoms with van der Waals surface area (Å²) < 4.78 is 0. The molecule has 150 valence electrons. The summed E-state index contributed by atoms with van der Waals surface area (Å²) in [6.45, 7) is 4.20. The summed E-state index contributed by atoms with van der Waals surface area (Å²) in [5.74, 6) is -0.170. The van der Waals surface area contributed by atoms with E-state index in [0.717, 1.165) is 19.6 Å². The Bertz CT molecular complexity index is 906. The van der Waals surface area contributed by atoms with E-state index in [2.05, 4.69) is 29.7 Å². The van der Waals surface area contributed by atoms with Crippen molar-refractivity contribution in [2.75, 3.05) is 31.2 Å². The lowest BCUT2D eigenvalue weighted by atomic mass is 10.2. The Balaban J connectivity index is 1.36. The fourth-order valence-corrected chi connectivity index (χ4v) is 3.83. The number of hydrogen-bond donors (Lipinski definition) is 2. The molecular weight excluding hydrogens is 388 g/mol. The van der Waals surface area contributed by atoms with Crippen LogP contribution >= 0.6 is 11.6 Å². The third-order valence-electron chi connectivity index (χ3n) is 5.33. The molecule has 0 saturated carbocycles. The number of quaternary nitrogens is 1. The van der Waals surface area contributed by atoms with Crippen molar-refractivity contribution in [1.29, 1.82) is 0 Å². The molecule has 0 unspecified atom stereocenters. The Morgan fingerprint density at radius 1 is 1.03 bits per heavy atom. The highest BCUT2D eigenvalue weighted by Gasteiger charge is 2.30. The van der Waals surface area contributed by atoms with E-state index in [1.165, 1.54) is 15.5 Å². The zero-order valence-corrected chi connectivity index (χ0v) is 16.9. The average Bonchev–Trinajstić information content (AvgIpc) is 2.76. The molecule has 2 amide bonds. The van der Waals surface area contributed by atoms with E-state index in [9.17, 15) is 9.59 Å². The van der Waals surface area contributed by atoms with Gasteiger partial charge in [-0.3, -0.25) is 15.0 Å². The van der Waals surface area contributed by atoms with Crippen molar-refractivity contribution in [3.05, 3.63) is 77.0 Å². The fourth-order valence-electron chi connectivity index (χ4n) is 3.70. The van der Waals surface area contributed by atoms with Gasteiger partial charge in [0.2, 0.25) is 5.91 Å². The molecule has 0 aromatic heterocycles. The van der Waals surface area contributed by atoms with Gasteiger partial charge in [-0.05, 0) is 30.3 Å². The molecule has 2 N–H and O–H groups in total.